The van der Waals surface area contributed by atoms with Crippen molar-refractivity contribution in [2.24, 2.45) is 5.73 Å². The molecule has 0 aliphatic carbocycles. The summed E-state index contributed by atoms with van der Waals surface area (Å²) in [6.45, 7) is 3.47. The number of ether oxygens (including phenoxy) is 1. The summed E-state index contributed by atoms with van der Waals surface area (Å²) >= 11 is 0. The molecular weight excluding hydrogens is 258 g/mol. The van der Waals surface area contributed by atoms with E-state index in [1.165, 1.54) is 0 Å². The van der Waals surface area contributed by atoms with Crippen LogP contribution in [0.5, 0.6) is 5.75 Å². The molecule has 1 aromatic rings. The van der Waals surface area contributed by atoms with Gasteiger partial charge >= 0.3 is 0 Å². The molecule has 1 aliphatic heterocycles. The van der Waals surface area contributed by atoms with Gasteiger partial charge in [-0.3, -0.25) is 9.59 Å². The molecule has 0 radical (unpaired) electrons. The molecule has 0 saturated carbocycles. The van der Waals surface area contributed by atoms with Gasteiger partial charge in [-0.15, -0.1) is 0 Å². The Morgan fingerprint density at radius 1 is 1.30 bits per heavy atom. The van der Waals surface area contributed by atoms with Crippen molar-refractivity contribution in [3.8, 4) is 5.75 Å². The number of amides is 2. The normalized spacial score (nSPS) is 14.9. The Hall–Kier alpha value is -2.08. The predicted octanol–water partition coefficient (Wildman–Crippen LogP) is -0.0138. The van der Waals surface area contributed by atoms with Gasteiger partial charge in [0.2, 0.25) is 11.8 Å². The maximum Gasteiger partial charge on any atom is 0.248 e. The third-order valence-electron chi connectivity index (χ3n) is 3.17. The number of hydrogen-bond acceptors (Lipinski definition) is 4. The average molecular weight is 277 g/mol. The molecular formula is C14H19N3O3. The van der Waals surface area contributed by atoms with Gasteiger partial charge in [-0.05, 0) is 18.2 Å². The molecule has 6 heteroatoms. The molecule has 0 unspecified atom stereocenters. The summed E-state index contributed by atoms with van der Waals surface area (Å²) in [4.78, 5) is 24.8. The zero-order chi connectivity index (χ0) is 14.4. The molecule has 1 saturated heterocycles. The van der Waals surface area contributed by atoms with Crippen LogP contribution in [-0.4, -0.2) is 49.5 Å². The zero-order valence-corrected chi connectivity index (χ0v) is 11.3. The third-order valence-corrected chi connectivity index (χ3v) is 3.17. The number of primary amides is 1. The number of piperazine rings is 1. The Labute approximate surface area is 117 Å². The molecule has 6 nitrogen and oxygen atoms in total. The summed E-state index contributed by atoms with van der Waals surface area (Å²) < 4.78 is 5.49. The van der Waals surface area contributed by atoms with Gasteiger partial charge in [-0.2, -0.15) is 0 Å². The topological polar surface area (TPSA) is 84.7 Å². The standard InChI is InChI=1S/C14H19N3O3/c15-14(19)11-2-1-3-12(10-11)20-9-4-13(18)17-7-5-16-6-8-17/h1-3,10,16H,4-9H2,(H2,15,19). The van der Waals surface area contributed by atoms with Crippen molar-refractivity contribution in [2.45, 2.75) is 6.42 Å². The molecule has 2 rings (SSSR count). The minimum atomic E-state index is -0.493. The molecule has 3 N–H and O–H groups in total. The SMILES string of the molecule is NC(=O)c1cccc(OCCC(=O)N2CCNCC2)c1. The second-order valence-electron chi connectivity index (χ2n) is 4.62. The van der Waals surface area contributed by atoms with Crippen molar-refractivity contribution in [3.63, 3.8) is 0 Å². The van der Waals surface area contributed by atoms with E-state index in [9.17, 15) is 9.59 Å². The van der Waals surface area contributed by atoms with E-state index in [2.05, 4.69) is 5.32 Å². The fourth-order valence-electron chi connectivity index (χ4n) is 2.07. The molecule has 0 bridgehead atoms. The molecule has 20 heavy (non-hydrogen) atoms. The fourth-order valence-corrected chi connectivity index (χ4v) is 2.07. The summed E-state index contributed by atoms with van der Waals surface area (Å²) in [5.74, 6) is 0.152. The van der Waals surface area contributed by atoms with E-state index in [1.54, 1.807) is 24.3 Å². The van der Waals surface area contributed by atoms with Crippen molar-refractivity contribution in [2.75, 3.05) is 32.8 Å². The van der Waals surface area contributed by atoms with Crippen LogP contribution in [0, 0.1) is 0 Å². The second kappa shape index (κ2) is 6.91. The Morgan fingerprint density at radius 3 is 2.75 bits per heavy atom. The van der Waals surface area contributed by atoms with Crippen LogP contribution in [0.2, 0.25) is 0 Å². The smallest absolute Gasteiger partial charge is 0.248 e. The Kier molecular flexibility index (Phi) is 4.95. The van der Waals surface area contributed by atoms with E-state index in [-0.39, 0.29) is 5.91 Å². The van der Waals surface area contributed by atoms with Crippen LogP contribution in [0.3, 0.4) is 0 Å². The first-order chi connectivity index (χ1) is 9.66. The number of carbonyl (C=O) groups excluding carboxylic acids is 2. The van der Waals surface area contributed by atoms with E-state index >= 15 is 0 Å². The number of nitrogens with zero attached hydrogens (tertiary/aromatic N) is 1. The number of benzene rings is 1. The Balaban J connectivity index is 1.79. The van der Waals surface area contributed by atoms with Gasteiger partial charge in [0.1, 0.15) is 5.75 Å². The Morgan fingerprint density at radius 2 is 2.05 bits per heavy atom. The lowest BCUT2D eigenvalue weighted by Gasteiger charge is -2.27. The first kappa shape index (κ1) is 14.3. The van der Waals surface area contributed by atoms with Gasteiger partial charge in [0, 0.05) is 31.7 Å². The molecule has 1 heterocycles. The number of rotatable bonds is 5. The van der Waals surface area contributed by atoms with Gasteiger partial charge < -0.3 is 20.7 Å². The molecule has 0 atom stereocenters. The number of nitrogens with one attached hydrogen (secondary N) is 1. The van der Waals surface area contributed by atoms with Crippen molar-refractivity contribution in [1.29, 1.82) is 0 Å². The van der Waals surface area contributed by atoms with E-state index in [1.807, 2.05) is 4.90 Å². The van der Waals surface area contributed by atoms with Gasteiger partial charge in [-0.1, -0.05) is 6.07 Å². The van der Waals surface area contributed by atoms with Crippen LogP contribution in [0.15, 0.2) is 24.3 Å². The maximum absolute atomic E-state index is 11.9. The Bertz CT molecular complexity index is 484. The van der Waals surface area contributed by atoms with Crippen LogP contribution in [0.4, 0.5) is 0 Å². The van der Waals surface area contributed by atoms with Crippen LogP contribution >= 0.6 is 0 Å². The van der Waals surface area contributed by atoms with Crippen LogP contribution in [0.25, 0.3) is 0 Å². The summed E-state index contributed by atoms with van der Waals surface area (Å²) in [6.07, 6.45) is 0.334. The monoisotopic (exact) mass is 277 g/mol. The van der Waals surface area contributed by atoms with E-state index in [4.69, 9.17) is 10.5 Å². The highest BCUT2D eigenvalue weighted by Crippen LogP contribution is 2.13. The molecule has 0 aromatic heterocycles. The van der Waals surface area contributed by atoms with Crippen molar-refractivity contribution in [1.82, 2.24) is 10.2 Å². The molecule has 108 valence electrons. The van der Waals surface area contributed by atoms with E-state index < -0.39 is 5.91 Å². The second-order valence-corrected chi connectivity index (χ2v) is 4.62. The summed E-state index contributed by atoms with van der Waals surface area (Å²) in [7, 11) is 0. The van der Waals surface area contributed by atoms with Crippen LogP contribution in [-0.2, 0) is 4.79 Å². The van der Waals surface area contributed by atoms with Gasteiger partial charge in [0.25, 0.3) is 0 Å². The van der Waals surface area contributed by atoms with Crippen LogP contribution < -0.4 is 15.8 Å². The molecule has 1 fully saturated rings. The highest BCUT2D eigenvalue weighted by molar-refractivity contribution is 5.93. The first-order valence-electron chi connectivity index (χ1n) is 6.68. The largest absolute Gasteiger partial charge is 0.493 e. The van der Waals surface area contributed by atoms with Crippen molar-refractivity contribution < 1.29 is 14.3 Å². The van der Waals surface area contributed by atoms with Gasteiger partial charge in [-0.25, -0.2) is 0 Å². The summed E-state index contributed by atoms with van der Waals surface area (Å²) in [6, 6.07) is 6.65. The highest BCUT2D eigenvalue weighted by atomic mass is 16.5. The lowest BCUT2D eigenvalue weighted by atomic mass is 10.2. The van der Waals surface area contributed by atoms with Gasteiger partial charge in [0.05, 0.1) is 13.0 Å². The fraction of sp³-hybridized carbons (Fsp3) is 0.429. The van der Waals surface area contributed by atoms with E-state index in [0.29, 0.717) is 24.3 Å². The van der Waals surface area contributed by atoms with Crippen molar-refractivity contribution in [3.05, 3.63) is 29.8 Å². The minimum Gasteiger partial charge on any atom is -0.493 e. The molecule has 0 spiro atoms. The molecule has 1 aromatic carbocycles. The maximum atomic E-state index is 11.9. The lowest BCUT2D eigenvalue weighted by Crippen LogP contribution is -2.46. The van der Waals surface area contributed by atoms with E-state index in [0.717, 1.165) is 26.2 Å². The predicted molar refractivity (Wildman–Crippen MR) is 74.5 cm³/mol. The van der Waals surface area contributed by atoms with Gasteiger partial charge in [0.15, 0.2) is 0 Å². The molecule has 1 aliphatic rings. The number of hydrogen-bond donors (Lipinski definition) is 2. The summed E-state index contributed by atoms with van der Waals surface area (Å²) in [5.41, 5.74) is 5.59. The minimum absolute atomic E-state index is 0.0950. The first-order valence-corrected chi connectivity index (χ1v) is 6.68. The zero-order valence-electron chi connectivity index (χ0n) is 11.3. The van der Waals surface area contributed by atoms with Crippen molar-refractivity contribution >= 4 is 11.8 Å². The summed E-state index contributed by atoms with van der Waals surface area (Å²) in [5, 5.41) is 3.20. The lowest BCUT2D eigenvalue weighted by molar-refractivity contribution is -0.132. The quantitative estimate of drug-likeness (QED) is 0.792. The number of nitrogens with two attached hydrogens (primary N) is 1. The third kappa shape index (κ3) is 3.96. The average Bonchev–Trinajstić information content (AvgIpc) is 2.48. The molecule has 2 amide bonds. The highest BCUT2D eigenvalue weighted by Gasteiger charge is 2.15. The van der Waals surface area contributed by atoms with Crippen LogP contribution in [0.1, 0.15) is 16.8 Å². The number of carbonyl (C=O) groups is 2.